The summed E-state index contributed by atoms with van der Waals surface area (Å²) >= 11 is 0. The van der Waals surface area contributed by atoms with E-state index in [9.17, 15) is 8.42 Å². The molecule has 0 aliphatic rings. The Labute approximate surface area is 94.7 Å². The van der Waals surface area contributed by atoms with Crippen LogP contribution in [-0.4, -0.2) is 18.2 Å². The molecule has 0 aliphatic carbocycles. The summed E-state index contributed by atoms with van der Waals surface area (Å²) in [6.45, 7) is 5.81. The van der Waals surface area contributed by atoms with Crippen LogP contribution in [0, 0.1) is 6.92 Å². The lowest BCUT2D eigenvalue weighted by molar-refractivity contribution is 0.419. The number of halogens is 1. The highest BCUT2D eigenvalue weighted by molar-refractivity contribution is 8.13. The molecule has 1 heterocycles. The Hall–Kier alpha value is -0.550. The summed E-state index contributed by atoms with van der Waals surface area (Å²) in [6, 6.07) is 0.233. The normalized spacial score (nSPS) is 12.3. The van der Waals surface area contributed by atoms with Crippen molar-refractivity contribution in [2.75, 3.05) is 0 Å². The van der Waals surface area contributed by atoms with Gasteiger partial charge in [-0.25, -0.2) is 8.42 Å². The molecule has 4 nitrogen and oxygen atoms in total. The first-order valence-electron chi connectivity index (χ1n) is 4.90. The van der Waals surface area contributed by atoms with Gasteiger partial charge in [-0.2, -0.15) is 5.10 Å². The fourth-order valence-electron chi connectivity index (χ4n) is 1.65. The second kappa shape index (κ2) is 4.53. The molecule has 0 radical (unpaired) electrons. The zero-order chi connectivity index (χ0) is 11.6. The van der Waals surface area contributed by atoms with Gasteiger partial charge in [-0.05, 0) is 19.8 Å². The quantitative estimate of drug-likeness (QED) is 0.772. The van der Waals surface area contributed by atoms with Gasteiger partial charge in [0.1, 0.15) is 4.90 Å². The van der Waals surface area contributed by atoms with Crippen LogP contribution in [0.3, 0.4) is 0 Å². The summed E-state index contributed by atoms with van der Waals surface area (Å²) in [6.07, 6.45) is 3.15. The zero-order valence-electron chi connectivity index (χ0n) is 9.07. The maximum atomic E-state index is 11.2. The van der Waals surface area contributed by atoms with Gasteiger partial charge in [-0.3, -0.25) is 4.68 Å². The van der Waals surface area contributed by atoms with Crippen molar-refractivity contribution in [3.63, 3.8) is 0 Å². The van der Waals surface area contributed by atoms with Crippen molar-refractivity contribution >= 4 is 19.7 Å². The van der Waals surface area contributed by atoms with Crippen LogP contribution in [0.1, 0.15) is 38.4 Å². The van der Waals surface area contributed by atoms with E-state index in [-0.39, 0.29) is 10.9 Å². The van der Waals surface area contributed by atoms with Crippen molar-refractivity contribution < 1.29 is 8.42 Å². The first kappa shape index (κ1) is 12.5. The Bertz CT molecular complexity index is 435. The summed E-state index contributed by atoms with van der Waals surface area (Å²) in [4.78, 5) is 0.107. The fraction of sp³-hybridized carbons (Fsp3) is 0.667. The molecule has 1 aromatic heterocycles. The molecule has 0 aromatic carbocycles. The van der Waals surface area contributed by atoms with E-state index in [0.717, 1.165) is 12.8 Å². The number of hydrogen-bond acceptors (Lipinski definition) is 3. The second-order valence-corrected chi connectivity index (χ2v) is 5.98. The third-order valence-corrected chi connectivity index (χ3v) is 3.98. The average Bonchev–Trinajstić information content (AvgIpc) is 2.50. The second-order valence-electron chi connectivity index (χ2n) is 3.45. The molecular formula is C9H15ClN2O2S. The van der Waals surface area contributed by atoms with Gasteiger partial charge in [0.25, 0.3) is 9.05 Å². The summed E-state index contributed by atoms with van der Waals surface area (Å²) in [5.41, 5.74) is 0.610. The first-order chi connectivity index (χ1) is 6.91. The molecule has 0 atom stereocenters. The summed E-state index contributed by atoms with van der Waals surface area (Å²) in [7, 11) is 1.61. The molecule has 86 valence electrons. The third kappa shape index (κ3) is 2.52. The van der Waals surface area contributed by atoms with Crippen LogP contribution in [-0.2, 0) is 9.05 Å². The lowest BCUT2D eigenvalue weighted by atomic mass is 10.2. The lowest BCUT2D eigenvalue weighted by Crippen LogP contribution is -2.10. The number of nitrogens with zero attached hydrogens (tertiary/aromatic N) is 2. The van der Waals surface area contributed by atoms with Gasteiger partial charge in [0.05, 0.1) is 17.9 Å². The van der Waals surface area contributed by atoms with Gasteiger partial charge in [0, 0.05) is 10.7 Å². The van der Waals surface area contributed by atoms with Crippen LogP contribution in [0.15, 0.2) is 11.1 Å². The molecule has 0 fully saturated rings. The third-order valence-electron chi connectivity index (χ3n) is 2.55. The smallest absolute Gasteiger partial charge is 0.264 e. The van der Waals surface area contributed by atoms with Crippen LogP contribution in [0.2, 0.25) is 0 Å². The van der Waals surface area contributed by atoms with E-state index in [0.29, 0.717) is 5.69 Å². The molecule has 0 unspecified atom stereocenters. The molecule has 0 saturated carbocycles. The van der Waals surface area contributed by atoms with Gasteiger partial charge in [-0.15, -0.1) is 0 Å². The molecule has 0 spiro atoms. The van der Waals surface area contributed by atoms with Crippen LogP contribution >= 0.6 is 10.7 Å². The monoisotopic (exact) mass is 250 g/mol. The molecule has 6 heteroatoms. The Morgan fingerprint density at radius 3 is 2.33 bits per heavy atom. The molecule has 0 aliphatic heterocycles. The van der Waals surface area contributed by atoms with Crippen LogP contribution in [0.5, 0.6) is 0 Å². The van der Waals surface area contributed by atoms with Crippen molar-refractivity contribution in [2.24, 2.45) is 0 Å². The number of aromatic nitrogens is 2. The van der Waals surface area contributed by atoms with Crippen molar-refractivity contribution in [1.82, 2.24) is 9.78 Å². The molecule has 1 rings (SSSR count). The van der Waals surface area contributed by atoms with E-state index in [1.807, 2.05) is 13.8 Å². The van der Waals surface area contributed by atoms with E-state index in [1.54, 1.807) is 11.6 Å². The minimum Gasteiger partial charge on any atom is -0.265 e. The van der Waals surface area contributed by atoms with Crippen LogP contribution in [0.4, 0.5) is 0 Å². The van der Waals surface area contributed by atoms with Gasteiger partial charge < -0.3 is 0 Å². The van der Waals surface area contributed by atoms with E-state index < -0.39 is 9.05 Å². The largest absolute Gasteiger partial charge is 0.265 e. The van der Waals surface area contributed by atoms with E-state index in [1.165, 1.54) is 6.20 Å². The molecule has 0 bridgehead atoms. The van der Waals surface area contributed by atoms with Crippen LogP contribution < -0.4 is 0 Å². The van der Waals surface area contributed by atoms with Gasteiger partial charge in [-0.1, -0.05) is 13.8 Å². The van der Waals surface area contributed by atoms with Gasteiger partial charge >= 0.3 is 0 Å². The number of hydrogen-bond donors (Lipinski definition) is 0. The molecule has 15 heavy (non-hydrogen) atoms. The molecule has 0 saturated heterocycles. The Morgan fingerprint density at radius 2 is 2.00 bits per heavy atom. The molecule has 0 N–H and O–H groups in total. The van der Waals surface area contributed by atoms with Crippen molar-refractivity contribution in [3.05, 3.63) is 11.9 Å². The summed E-state index contributed by atoms with van der Waals surface area (Å²) in [5, 5.41) is 4.08. The Kier molecular flexibility index (Phi) is 3.78. The average molecular weight is 251 g/mol. The minimum atomic E-state index is -3.67. The maximum Gasteiger partial charge on any atom is 0.264 e. The lowest BCUT2D eigenvalue weighted by Gasteiger charge is -2.15. The predicted octanol–water partition coefficient (Wildman–Crippen LogP) is 2.48. The van der Waals surface area contributed by atoms with E-state index >= 15 is 0 Å². The minimum absolute atomic E-state index is 0.107. The highest BCUT2D eigenvalue weighted by Gasteiger charge is 2.20. The SMILES string of the molecule is CCC(CC)n1ncc(S(=O)(=O)Cl)c1C. The molecular weight excluding hydrogens is 236 g/mol. The summed E-state index contributed by atoms with van der Waals surface area (Å²) < 4.78 is 24.1. The van der Waals surface area contributed by atoms with E-state index in [2.05, 4.69) is 5.10 Å². The first-order valence-corrected chi connectivity index (χ1v) is 7.21. The highest BCUT2D eigenvalue weighted by atomic mass is 35.7. The van der Waals surface area contributed by atoms with Crippen molar-refractivity contribution in [2.45, 2.75) is 44.6 Å². The Balaban J connectivity index is 3.20. The van der Waals surface area contributed by atoms with Gasteiger partial charge in [0.2, 0.25) is 0 Å². The predicted molar refractivity (Wildman–Crippen MR) is 59.6 cm³/mol. The maximum absolute atomic E-state index is 11.2. The van der Waals surface area contributed by atoms with Gasteiger partial charge in [0.15, 0.2) is 0 Å². The molecule has 0 amide bonds. The zero-order valence-corrected chi connectivity index (χ0v) is 10.6. The van der Waals surface area contributed by atoms with Crippen LogP contribution in [0.25, 0.3) is 0 Å². The van der Waals surface area contributed by atoms with Crippen molar-refractivity contribution in [3.8, 4) is 0 Å². The van der Waals surface area contributed by atoms with Crippen molar-refractivity contribution in [1.29, 1.82) is 0 Å². The summed E-state index contributed by atoms with van der Waals surface area (Å²) in [5.74, 6) is 0. The molecule has 1 aromatic rings. The standard InChI is InChI=1S/C9H15ClN2O2S/c1-4-8(5-2)12-7(3)9(6-11-12)15(10,13)14/h6,8H,4-5H2,1-3H3. The number of rotatable bonds is 4. The van der Waals surface area contributed by atoms with E-state index in [4.69, 9.17) is 10.7 Å². The fourth-order valence-corrected chi connectivity index (χ4v) is 2.72. The highest BCUT2D eigenvalue weighted by Crippen LogP contribution is 2.24. The Morgan fingerprint density at radius 1 is 1.47 bits per heavy atom. The topological polar surface area (TPSA) is 52.0 Å².